The second-order valence-electron chi connectivity index (χ2n) is 4.97. The number of nitrogens with zero attached hydrogens (tertiary/aromatic N) is 1. The summed E-state index contributed by atoms with van der Waals surface area (Å²) in [6.07, 6.45) is 8.30. The van der Waals surface area contributed by atoms with Crippen molar-refractivity contribution in [2.24, 2.45) is 0 Å². The van der Waals surface area contributed by atoms with Crippen LogP contribution in [0.15, 0.2) is 11.6 Å². The lowest BCUT2D eigenvalue weighted by atomic mass is 9.79. The lowest BCUT2D eigenvalue weighted by Gasteiger charge is -2.36. The molecule has 4 nitrogen and oxygen atoms in total. The van der Waals surface area contributed by atoms with Crippen molar-refractivity contribution >= 4 is 17.2 Å². The SMILES string of the molecule is CNC1(CC(=O)NCc2nccs2)CCCCC1. The van der Waals surface area contributed by atoms with Gasteiger partial charge in [-0.25, -0.2) is 4.98 Å². The van der Waals surface area contributed by atoms with Crippen molar-refractivity contribution in [1.29, 1.82) is 0 Å². The molecule has 1 heterocycles. The van der Waals surface area contributed by atoms with E-state index >= 15 is 0 Å². The second-order valence-corrected chi connectivity index (χ2v) is 5.95. The summed E-state index contributed by atoms with van der Waals surface area (Å²) in [6.45, 7) is 0.552. The van der Waals surface area contributed by atoms with Gasteiger partial charge in [0.1, 0.15) is 5.01 Å². The minimum Gasteiger partial charge on any atom is -0.350 e. The largest absolute Gasteiger partial charge is 0.350 e. The highest BCUT2D eigenvalue weighted by atomic mass is 32.1. The number of hydrogen-bond acceptors (Lipinski definition) is 4. The van der Waals surface area contributed by atoms with E-state index in [-0.39, 0.29) is 11.4 Å². The van der Waals surface area contributed by atoms with Gasteiger partial charge >= 0.3 is 0 Å². The van der Waals surface area contributed by atoms with Gasteiger partial charge in [0.2, 0.25) is 5.91 Å². The van der Waals surface area contributed by atoms with Gasteiger partial charge < -0.3 is 10.6 Å². The van der Waals surface area contributed by atoms with Crippen LogP contribution in [0.4, 0.5) is 0 Å². The molecule has 0 aromatic carbocycles. The smallest absolute Gasteiger partial charge is 0.222 e. The number of amides is 1. The van der Waals surface area contributed by atoms with Crippen molar-refractivity contribution < 1.29 is 4.79 Å². The van der Waals surface area contributed by atoms with Crippen molar-refractivity contribution in [3.05, 3.63) is 16.6 Å². The number of rotatable bonds is 5. The number of thiazole rings is 1. The van der Waals surface area contributed by atoms with Crippen LogP contribution in [0.5, 0.6) is 0 Å². The second kappa shape index (κ2) is 6.29. The number of carbonyl (C=O) groups excluding carboxylic acids is 1. The number of carbonyl (C=O) groups is 1. The molecule has 1 fully saturated rings. The van der Waals surface area contributed by atoms with E-state index < -0.39 is 0 Å². The Labute approximate surface area is 112 Å². The van der Waals surface area contributed by atoms with Crippen molar-refractivity contribution in [2.75, 3.05) is 7.05 Å². The average molecular weight is 267 g/mol. The minimum absolute atomic E-state index is 0.0191. The molecule has 2 N–H and O–H groups in total. The van der Waals surface area contributed by atoms with Crippen LogP contribution in [0.2, 0.25) is 0 Å². The van der Waals surface area contributed by atoms with Gasteiger partial charge in [0.05, 0.1) is 6.54 Å². The minimum atomic E-state index is 0.0191. The summed E-state index contributed by atoms with van der Waals surface area (Å²) < 4.78 is 0. The van der Waals surface area contributed by atoms with Gasteiger partial charge in [0.25, 0.3) is 0 Å². The molecule has 0 unspecified atom stereocenters. The fourth-order valence-electron chi connectivity index (χ4n) is 2.63. The highest BCUT2D eigenvalue weighted by Crippen LogP contribution is 2.30. The van der Waals surface area contributed by atoms with Crippen LogP contribution >= 0.6 is 11.3 Å². The summed E-state index contributed by atoms with van der Waals surface area (Å²) in [5, 5.41) is 9.22. The monoisotopic (exact) mass is 267 g/mol. The van der Waals surface area contributed by atoms with Crippen molar-refractivity contribution in [3.8, 4) is 0 Å². The van der Waals surface area contributed by atoms with E-state index in [0.717, 1.165) is 17.8 Å². The molecule has 2 rings (SSSR count). The zero-order valence-electron chi connectivity index (χ0n) is 10.9. The first kappa shape index (κ1) is 13.5. The van der Waals surface area contributed by atoms with Crippen molar-refractivity contribution in [3.63, 3.8) is 0 Å². The summed E-state index contributed by atoms with van der Waals surface area (Å²) >= 11 is 1.57. The Morgan fingerprint density at radius 3 is 2.83 bits per heavy atom. The van der Waals surface area contributed by atoms with Gasteiger partial charge in [0, 0.05) is 23.5 Å². The summed E-state index contributed by atoms with van der Waals surface area (Å²) in [7, 11) is 1.97. The van der Waals surface area contributed by atoms with E-state index in [9.17, 15) is 4.79 Å². The molecule has 1 aliphatic rings. The molecule has 0 radical (unpaired) electrons. The normalized spacial score (nSPS) is 18.5. The molecule has 0 saturated heterocycles. The molecule has 1 amide bonds. The van der Waals surface area contributed by atoms with Crippen LogP contribution in [0, 0.1) is 0 Å². The molecule has 18 heavy (non-hydrogen) atoms. The zero-order chi connectivity index (χ0) is 12.8. The fraction of sp³-hybridized carbons (Fsp3) is 0.692. The highest BCUT2D eigenvalue weighted by molar-refractivity contribution is 7.09. The maximum Gasteiger partial charge on any atom is 0.222 e. The van der Waals surface area contributed by atoms with Gasteiger partial charge in [-0.1, -0.05) is 19.3 Å². The number of nitrogens with one attached hydrogen (secondary N) is 2. The Kier molecular flexibility index (Phi) is 4.72. The molecular formula is C13H21N3OS. The first-order valence-corrected chi connectivity index (χ1v) is 7.46. The molecule has 1 saturated carbocycles. The maximum absolute atomic E-state index is 12.0. The quantitative estimate of drug-likeness (QED) is 0.858. The zero-order valence-corrected chi connectivity index (χ0v) is 11.7. The lowest BCUT2D eigenvalue weighted by Crippen LogP contribution is -2.48. The van der Waals surface area contributed by atoms with Crippen molar-refractivity contribution in [1.82, 2.24) is 15.6 Å². The Bertz CT molecular complexity index is 372. The molecule has 100 valence electrons. The molecule has 1 aliphatic carbocycles. The molecular weight excluding hydrogens is 246 g/mol. The first-order valence-electron chi connectivity index (χ1n) is 6.58. The van der Waals surface area contributed by atoms with Crippen LogP contribution in [0.25, 0.3) is 0 Å². The number of aromatic nitrogens is 1. The first-order chi connectivity index (χ1) is 8.74. The van der Waals surface area contributed by atoms with Crippen LogP contribution < -0.4 is 10.6 Å². The van der Waals surface area contributed by atoms with E-state index in [0.29, 0.717) is 13.0 Å². The third-order valence-electron chi connectivity index (χ3n) is 3.76. The van der Waals surface area contributed by atoms with Crippen LogP contribution in [0.1, 0.15) is 43.5 Å². The molecule has 1 aromatic heterocycles. The maximum atomic E-state index is 12.0. The van der Waals surface area contributed by atoms with Gasteiger partial charge in [-0.05, 0) is 19.9 Å². The molecule has 0 aliphatic heterocycles. The van der Waals surface area contributed by atoms with Crippen LogP contribution in [-0.4, -0.2) is 23.5 Å². The lowest BCUT2D eigenvalue weighted by molar-refractivity contribution is -0.123. The topological polar surface area (TPSA) is 54.0 Å². The van der Waals surface area contributed by atoms with E-state index in [1.54, 1.807) is 17.5 Å². The molecule has 0 spiro atoms. The standard InChI is InChI=1S/C13H21N3OS/c1-14-13(5-3-2-4-6-13)9-11(17)16-10-12-15-7-8-18-12/h7-8,14H,2-6,9-10H2,1H3,(H,16,17). The van der Waals surface area contributed by atoms with Gasteiger partial charge in [-0.2, -0.15) is 0 Å². The summed E-state index contributed by atoms with van der Waals surface area (Å²) in [4.78, 5) is 16.2. The van der Waals surface area contributed by atoms with Gasteiger partial charge in [-0.15, -0.1) is 11.3 Å². The highest BCUT2D eigenvalue weighted by Gasteiger charge is 2.32. The third-order valence-corrected chi connectivity index (χ3v) is 4.54. The van der Waals surface area contributed by atoms with E-state index in [2.05, 4.69) is 15.6 Å². The van der Waals surface area contributed by atoms with Crippen LogP contribution in [-0.2, 0) is 11.3 Å². The van der Waals surface area contributed by atoms with E-state index in [1.165, 1.54) is 19.3 Å². The molecule has 0 bridgehead atoms. The molecule has 5 heteroatoms. The summed E-state index contributed by atoms with van der Waals surface area (Å²) in [5.74, 6) is 0.126. The van der Waals surface area contributed by atoms with Crippen LogP contribution in [0.3, 0.4) is 0 Å². The van der Waals surface area contributed by atoms with Gasteiger partial charge in [0.15, 0.2) is 0 Å². The van der Waals surface area contributed by atoms with E-state index in [4.69, 9.17) is 0 Å². The molecule has 1 aromatic rings. The van der Waals surface area contributed by atoms with Gasteiger partial charge in [-0.3, -0.25) is 4.79 Å². The summed E-state index contributed by atoms with van der Waals surface area (Å²) in [5.41, 5.74) is 0.0191. The Hall–Kier alpha value is -0.940. The Balaban J connectivity index is 1.81. The van der Waals surface area contributed by atoms with E-state index in [1.807, 2.05) is 12.4 Å². The molecule has 0 atom stereocenters. The Morgan fingerprint density at radius 1 is 1.44 bits per heavy atom. The number of hydrogen-bond donors (Lipinski definition) is 2. The fourth-order valence-corrected chi connectivity index (χ4v) is 3.18. The predicted molar refractivity (Wildman–Crippen MR) is 73.5 cm³/mol. The Morgan fingerprint density at radius 2 is 2.22 bits per heavy atom. The third kappa shape index (κ3) is 3.53. The average Bonchev–Trinajstić information content (AvgIpc) is 2.91. The predicted octanol–water partition coefficient (Wildman–Crippen LogP) is 2.07. The van der Waals surface area contributed by atoms with Crippen molar-refractivity contribution in [2.45, 2.75) is 50.6 Å². The summed E-state index contributed by atoms with van der Waals surface area (Å²) in [6, 6.07) is 0.